The Morgan fingerprint density at radius 1 is 1.06 bits per heavy atom. The van der Waals surface area contributed by atoms with Crippen molar-refractivity contribution < 1.29 is 9.90 Å². The SMILES string of the molecule is O=C(O)C1CCC(c2nc(NCc3ccc(Cl)c(Cl)c3)c3c(n2)sc2ccccc23)CC1. The summed E-state index contributed by atoms with van der Waals surface area (Å²) in [6.45, 7) is 0.554. The van der Waals surface area contributed by atoms with E-state index in [0.717, 1.165) is 45.7 Å². The molecule has 1 aliphatic carbocycles. The minimum atomic E-state index is -0.701. The molecule has 1 saturated carbocycles. The monoisotopic (exact) mass is 485 g/mol. The van der Waals surface area contributed by atoms with E-state index in [4.69, 9.17) is 33.2 Å². The van der Waals surface area contributed by atoms with Crippen molar-refractivity contribution in [3.05, 3.63) is 63.9 Å². The zero-order valence-electron chi connectivity index (χ0n) is 17.1. The lowest BCUT2D eigenvalue weighted by Crippen LogP contribution is -2.21. The van der Waals surface area contributed by atoms with Gasteiger partial charge in [0.1, 0.15) is 16.5 Å². The van der Waals surface area contributed by atoms with Crippen LogP contribution in [0.5, 0.6) is 0 Å². The van der Waals surface area contributed by atoms with Crippen molar-refractivity contribution in [2.75, 3.05) is 5.32 Å². The minimum absolute atomic E-state index is 0.172. The van der Waals surface area contributed by atoms with Gasteiger partial charge in [-0.2, -0.15) is 0 Å². The number of carbonyl (C=O) groups is 1. The summed E-state index contributed by atoms with van der Waals surface area (Å²) in [5.41, 5.74) is 1.01. The van der Waals surface area contributed by atoms with E-state index in [2.05, 4.69) is 17.4 Å². The van der Waals surface area contributed by atoms with E-state index in [-0.39, 0.29) is 11.8 Å². The Morgan fingerprint density at radius 2 is 1.84 bits per heavy atom. The van der Waals surface area contributed by atoms with Crippen molar-refractivity contribution in [1.82, 2.24) is 9.97 Å². The Labute approximate surface area is 199 Å². The normalized spacial score (nSPS) is 18.8. The van der Waals surface area contributed by atoms with Gasteiger partial charge in [-0.25, -0.2) is 9.97 Å². The molecule has 1 fully saturated rings. The van der Waals surface area contributed by atoms with Crippen LogP contribution >= 0.6 is 34.5 Å². The molecule has 5 nitrogen and oxygen atoms in total. The zero-order valence-corrected chi connectivity index (χ0v) is 19.5. The Morgan fingerprint density at radius 3 is 2.59 bits per heavy atom. The molecule has 5 rings (SSSR count). The van der Waals surface area contributed by atoms with E-state index in [1.807, 2.05) is 24.3 Å². The Balaban J connectivity index is 1.51. The van der Waals surface area contributed by atoms with E-state index in [1.54, 1.807) is 17.4 Å². The van der Waals surface area contributed by atoms with Crippen LogP contribution in [0.4, 0.5) is 5.82 Å². The maximum Gasteiger partial charge on any atom is 0.306 e. The van der Waals surface area contributed by atoms with Gasteiger partial charge in [-0.1, -0.05) is 47.5 Å². The molecule has 2 heterocycles. The summed E-state index contributed by atoms with van der Waals surface area (Å²) in [5.74, 6) is 0.809. The summed E-state index contributed by atoms with van der Waals surface area (Å²) in [6.07, 6.45) is 2.92. The van der Waals surface area contributed by atoms with Gasteiger partial charge in [0, 0.05) is 22.5 Å². The van der Waals surface area contributed by atoms with E-state index >= 15 is 0 Å². The smallest absolute Gasteiger partial charge is 0.306 e. The number of hydrogen-bond donors (Lipinski definition) is 2. The third kappa shape index (κ3) is 4.15. The Bertz CT molecular complexity index is 1320. The number of thiophene rings is 1. The number of hydrogen-bond acceptors (Lipinski definition) is 5. The second-order valence-electron chi connectivity index (χ2n) is 8.20. The molecule has 2 aromatic heterocycles. The molecule has 0 atom stereocenters. The fraction of sp³-hybridized carbons (Fsp3) is 0.292. The van der Waals surface area contributed by atoms with Crippen LogP contribution in [0.3, 0.4) is 0 Å². The van der Waals surface area contributed by atoms with E-state index in [9.17, 15) is 9.90 Å². The molecule has 0 amide bonds. The zero-order chi connectivity index (χ0) is 22.2. The number of aromatic nitrogens is 2. The first kappa shape index (κ1) is 21.4. The standard InChI is InChI=1S/C24H21Cl2N3O2S/c25-17-10-5-13(11-18(17)26)12-27-22-20-16-3-1-2-4-19(16)32-23(20)29-21(28-22)14-6-8-15(9-7-14)24(30)31/h1-5,10-11,14-15H,6-9,12H2,(H,30,31)(H,27,28,29). The highest BCUT2D eigenvalue weighted by Crippen LogP contribution is 2.40. The third-order valence-corrected chi connectivity index (χ3v) is 7.95. The van der Waals surface area contributed by atoms with Crippen molar-refractivity contribution in [1.29, 1.82) is 0 Å². The molecular weight excluding hydrogens is 465 g/mol. The number of anilines is 1. The summed E-state index contributed by atoms with van der Waals surface area (Å²) < 4.78 is 1.17. The first-order valence-corrected chi connectivity index (χ1v) is 12.2. The number of carboxylic acid groups (broad SMARTS) is 1. The first-order valence-electron chi connectivity index (χ1n) is 10.6. The van der Waals surface area contributed by atoms with Crippen molar-refractivity contribution >= 4 is 66.6 Å². The Hall–Kier alpha value is -2.41. The maximum atomic E-state index is 11.3. The van der Waals surface area contributed by atoms with E-state index < -0.39 is 5.97 Å². The van der Waals surface area contributed by atoms with Crippen molar-refractivity contribution in [3.8, 4) is 0 Å². The molecule has 0 spiro atoms. The summed E-state index contributed by atoms with van der Waals surface area (Å²) >= 11 is 13.9. The number of nitrogens with one attached hydrogen (secondary N) is 1. The molecule has 2 aromatic carbocycles. The lowest BCUT2D eigenvalue weighted by Gasteiger charge is -2.25. The van der Waals surface area contributed by atoms with E-state index in [0.29, 0.717) is 29.4 Å². The highest BCUT2D eigenvalue weighted by Gasteiger charge is 2.29. The topological polar surface area (TPSA) is 75.1 Å². The van der Waals surface area contributed by atoms with Gasteiger partial charge >= 0.3 is 5.97 Å². The quantitative estimate of drug-likeness (QED) is 0.314. The average Bonchev–Trinajstić information content (AvgIpc) is 3.18. The fourth-order valence-electron chi connectivity index (χ4n) is 4.38. The average molecular weight is 486 g/mol. The van der Waals surface area contributed by atoms with Crippen LogP contribution in [0.25, 0.3) is 20.3 Å². The molecule has 0 aliphatic heterocycles. The molecule has 2 N–H and O–H groups in total. The molecule has 0 unspecified atom stereocenters. The Kier molecular flexibility index (Phi) is 5.93. The minimum Gasteiger partial charge on any atom is -0.481 e. The predicted octanol–water partition coefficient (Wildman–Crippen LogP) is 7.12. The maximum absolute atomic E-state index is 11.3. The van der Waals surface area contributed by atoms with Gasteiger partial charge in [0.15, 0.2) is 0 Å². The lowest BCUT2D eigenvalue weighted by molar-refractivity contribution is -0.142. The number of carboxylic acids is 1. The second kappa shape index (κ2) is 8.85. The van der Waals surface area contributed by atoms with Crippen LogP contribution in [0.1, 0.15) is 43.0 Å². The summed E-state index contributed by atoms with van der Waals surface area (Å²) in [7, 11) is 0. The van der Waals surface area contributed by atoms with Crippen LogP contribution in [-0.2, 0) is 11.3 Å². The van der Waals surface area contributed by atoms with Gasteiger partial charge in [0.2, 0.25) is 0 Å². The van der Waals surface area contributed by atoms with Crippen molar-refractivity contribution in [2.24, 2.45) is 5.92 Å². The molecule has 8 heteroatoms. The summed E-state index contributed by atoms with van der Waals surface area (Å²) in [5, 5.41) is 16.0. The number of benzene rings is 2. The van der Waals surface area contributed by atoms with Gasteiger partial charge in [-0.15, -0.1) is 11.3 Å². The van der Waals surface area contributed by atoms with Crippen molar-refractivity contribution in [3.63, 3.8) is 0 Å². The molecule has 1 aliphatic rings. The number of nitrogens with zero attached hydrogens (tertiary/aromatic N) is 2. The number of fused-ring (bicyclic) bond motifs is 3. The molecule has 0 saturated heterocycles. The van der Waals surface area contributed by atoms with Gasteiger partial charge in [-0.05, 0) is 49.4 Å². The largest absolute Gasteiger partial charge is 0.481 e. The predicted molar refractivity (Wildman–Crippen MR) is 131 cm³/mol. The molecule has 0 radical (unpaired) electrons. The van der Waals surface area contributed by atoms with Crippen LogP contribution in [0.2, 0.25) is 10.0 Å². The summed E-state index contributed by atoms with van der Waals surface area (Å²) in [4.78, 5) is 22.2. The third-order valence-electron chi connectivity index (χ3n) is 6.14. The molecule has 0 bridgehead atoms. The molecule has 164 valence electrons. The number of halogens is 2. The molecule has 32 heavy (non-hydrogen) atoms. The van der Waals surface area contributed by atoms with Gasteiger partial charge in [-0.3, -0.25) is 4.79 Å². The number of aliphatic carboxylic acids is 1. The van der Waals surface area contributed by atoms with Crippen LogP contribution in [0.15, 0.2) is 42.5 Å². The highest BCUT2D eigenvalue weighted by molar-refractivity contribution is 7.25. The molecule has 4 aromatic rings. The van der Waals surface area contributed by atoms with Crippen LogP contribution in [0, 0.1) is 5.92 Å². The first-order chi connectivity index (χ1) is 15.5. The van der Waals surface area contributed by atoms with Crippen LogP contribution in [-0.4, -0.2) is 21.0 Å². The molecular formula is C24H21Cl2N3O2S. The van der Waals surface area contributed by atoms with Gasteiger partial charge < -0.3 is 10.4 Å². The van der Waals surface area contributed by atoms with Gasteiger partial charge in [0.25, 0.3) is 0 Å². The fourth-order valence-corrected chi connectivity index (χ4v) is 5.79. The van der Waals surface area contributed by atoms with Gasteiger partial charge in [0.05, 0.1) is 21.3 Å². The number of rotatable bonds is 5. The van der Waals surface area contributed by atoms with Crippen LogP contribution < -0.4 is 5.32 Å². The second-order valence-corrected chi connectivity index (χ2v) is 10.0. The van der Waals surface area contributed by atoms with E-state index in [1.165, 1.54) is 4.70 Å². The lowest BCUT2D eigenvalue weighted by atomic mass is 9.81. The highest BCUT2D eigenvalue weighted by atomic mass is 35.5. The van der Waals surface area contributed by atoms with Crippen molar-refractivity contribution in [2.45, 2.75) is 38.1 Å². The summed E-state index contributed by atoms with van der Waals surface area (Å²) in [6, 6.07) is 13.8.